The van der Waals surface area contributed by atoms with E-state index in [1.807, 2.05) is 30.3 Å². The molecule has 1 unspecified atom stereocenters. The third-order valence-corrected chi connectivity index (χ3v) is 3.52. The molecular weight excluding hydrogens is 250 g/mol. The first-order valence-corrected chi connectivity index (χ1v) is 7.54. The topological polar surface area (TPSA) is 30.5 Å². The van der Waals surface area contributed by atoms with Crippen LogP contribution in [0, 0.1) is 0 Å². The van der Waals surface area contributed by atoms with Gasteiger partial charge in [0.05, 0.1) is 5.60 Å². The summed E-state index contributed by atoms with van der Waals surface area (Å²) in [6, 6.07) is 10.4. The van der Waals surface area contributed by atoms with Crippen molar-refractivity contribution >= 4 is 0 Å². The molecule has 1 aromatic rings. The van der Waals surface area contributed by atoms with Gasteiger partial charge in [0, 0.05) is 13.2 Å². The maximum absolute atomic E-state index is 5.86. The molecule has 1 aromatic carbocycles. The molecular formula is C17H29NO2. The maximum atomic E-state index is 5.86. The highest BCUT2D eigenvalue weighted by molar-refractivity contribution is 5.20. The molecule has 20 heavy (non-hydrogen) atoms. The fourth-order valence-electron chi connectivity index (χ4n) is 1.93. The van der Waals surface area contributed by atoms with E-state index in [2.05, 4.69) is 26.1 Å². The van der Waals surface area contributed by atoms with Crippen molar-refractivity contribution in [3.63, 3.8) is 0 Å². The third kappa shape index (κ3) is 6.92. The predicted octanol–water partition coefficient (Wildman–Crippen LogP) is 3.64. The zero-order valence-electron chi connectivity index (χ0n) is 13.3. The van der Waals surface area contributed by atoms with E-state index in [9.17, 15) is 0 Å². The number of benzene rings is 1. The van der Waals surface area contributed by atoms with Gasteiger partial charge in [0.1, 0.15) is 12.4 Å². The van der Waals surface area contributed by atoms with Gasteiger partial charge in [-0.25, -0.2) is 0 Å². The van der Waals surface area contributed by atoms with E-state index < -0.39 is 0 Å². The molecule has 0 heterocycles. The standard InChI is InChI=1S/C17H29NO2/c1-5-13-18-15(11-12-17(2,3)19-4)14-20-16-9-7-6-8-10-16/h6-10,15,18H,5,11-14H2,1-4H3. The molecule has 0 aliphatic heterocycles. The fraction of sp³-hybridized carbons (Fsp3) is 0.647. The van der Waals surface area contributed by atoms with E-state index in [1.54, 1.807) is 7.11 Å². The number of methoxy groups -OCH3 is 1. The summed E-state index contributed by atoms with van der Waals surface area (Å²) < 4.78 is 11.3. The van der Waals surface area contributed by atoms with Crippen LogP contribution in [0.2, 0.25) is 0 Å². The van der Waals surface area contributed by atoms with Gasteiger partial charge < -0.3 is 14.8 Å². The maximum Gasteiger partial charge on any atom is 0.119 e. The van der Waals surface area contributed by atoms with E-state index in [0.29, 0.717) is 12.6 Å². The first-order chi connectivity index (χ1) is 9.57. The first kappa shape index (κ1) is 17.0. The second kappa shape index (κ2) is 8.98. The van der Waals surface area contributed by atoms with Gasteiger partial charge in [0.25, 0.3) is 0 Å². The molecule has 0 amide bonds. The normalized spacial score (nSPS) is 13.2. The van der Waals surface area contributed by atoms with Crippen molar-refractivity contribution in [2.75, 3.05) is 20.3 Å². The lowest BCUT2D eigenvalue weighted by Gasteiger charge is -2.26. The van der Waals surface area contributed by atoms with Crippen LogP contribution in [0.4, 0.5) is 0 Å². The van der Waals surface area contributed by atoms with Crippen molar-refractivity contribution < 1.29 is 9.47 Å². The Balaban J connectivity index is 2.43. The van der Waals surface area contributed by atoms with Crippen LogP contribution in [0.15, 0.2) is 30.3 Å². The summed E-state index contributed by atoms with van der Waals surface area (Å²) in [6.07, 6.45) is 3.20. The van der Waals surface area contributed by atoms with Crippen LogP contribution in [0.3, 0.4) is 0 Å². The average Bonchev–Trinajstić information content (AvgIpc) is 2.47. The molecule has 0 radical (unpaired) electrons. The zero-order valence-corrected chi connectivity index (χ0v) is 13.3. The van der Waals surface area contributed by atoms with Crippen molar-refractivity contribution in [2.45, 2.75) is 51.7 Å². The van der Waals surface area contributed by atoms with Gasteiger partial charge in [-0.3, -0.25) is 0 Å². The molecule has 0 aromatic heterocycles. The van der Waals surface area contributed by atoms with Crippen molar-refractivity contribution in [3.05, 3.63) is 30.3 Å². The minimum atomic E-state index is -0.0705. The average molecular weight is 279 g/mol. The summed E-state index contributed by atoms with van der Waals surface area (Å²) in [5.74, 6) is 0.932. The van der Waals surface area contributed by atoms with E-state index in [-0.39, 0.29) is 5.60 Å². The number of para-hydroxylation sites is 1. The quantitative estimate of drug-likeness (QED) is 0.709. The van der Waals surface area contributed by atoms with Gasteiger partial charge in [-0.05, 0) is 51.8 Å². The van der Waals surface area contributed by atoms with Crippen LogP contribution in [0.5, 0.6) is 5.75 Å². The SMILES string of the molecule is CCCNC(CCC(C)(C)OC)COc1ccccc1. The summed E-state index contributed by atoms with van der Waals surface area (Å²) in [7, 11) is 1.77. The van der Waals surface area contributed by atoms with Crippen LogP contribution in [-0.4, -0.2) is 31.9 Å². The van der Waals surface area contributed by atoms with Gasteiger partial charge in [-0.15, -0.1) is 0 Å². The Morgan fingerprint density at radius 2 is 1.90 bits per heavy atom. The Morgan fingerprint density at radius 1 is 1.20 bits per heavy atom. The Morgan fingerprint density at radius 3 is 2.50 bits per heavy atom. The van der Waals surface area contributed by atoms with E-state index in [4.69, 9.17) is 9.47 Å². The molecule has 0 saturated heterocycles. The second-order valence-electron chi connectivity index (χ2n) is 5.78. The van der Waals surface area contributed by atoms with Gasteiger partial charge in [-0.2, -0.15) is 0 Å². The van der Waals surface area contributed by atoms with Gasteiger partial charge in [-0.1, -0.05) is 25.1 Å². The Hall–Kier alpha value is -1.06. The smallest absolute Gasteiger partial charge is 0.119 e. The molecule has 1 N–H and O–H groups in total. The molecule has 0 fully saturated rings. The summed E-state index contributed by atoms with van der Waals surface area (Å²) in [6.45, 7) is 8.16. The summed E-state index contributed by atoms with van der Waals surface area (Å²) >= 11 is 0. The number of hydrogen-bond acceptors (Lipinski definition) is 3. The first-order valence-electron chi connectivity index (χ1n) is 7.54. The Bertz CT molecular complexity index is 351. The molecule has 1 atom stereocenters. The highest BCUT2D eigenvalue weighted by Crippen LogP contribution is 2.17. The molecule has 0 saturated carbocycles. The molecule has 0 spiro atoms. The van der Waals surface area contributed by atoms with Crippen LogP contribution in [-0.2, 0) is 4.74 Å². The monoisotopic (exact) mass is 279 g/mol. The molecule has 0 aliphatic carbocycles. The Labute approximate surface area is 123 Å². The molecule has 3 nitrogen and oxygen atoms in total. The van der Waals surface area contributed by atoms with E-state index in [0.717, 1.165) is 31.6 Å². The van der Waals surface area contributed by atoms with Crippen molar-refractivity contribution in [2.24, 2.45) is 0 Å². The highest BCUT2D eigenvalue weighted by atomic mass is 16.5. The molecule has 114 valence electrons. The Kier molecular flexibility index (Phi) is 7.63. The summed E-state index contributed by atoms with van der Waals surface area (Å²) in [5, 5.41) is 3.56. The predicted molar refractivity (Wildman–Crippen MR) is 84.3 cm³/mol. The van der Waals surface area contributed by atoms with Gasteiger partial charge >= 0.3 is 0 Å². The second-order valence-corrected chi connectivity index (χ2v) is 5.78. The van der Waals surface area contributed by atoms with E-state index >= 15 is 0 Å². The minimum absolute atomic E-state index is 0.0705. The fourth-order valence-corrected chi connectivity index (χ4v) is 1.93. The number of nitrogens with one attached hydrogen (secondary N) is 1. The minimum Gasteiger partial charge on any atom is -0.492 e. The van der Waals surface area contributed by atoms with Crippen molar-refractivity contribution in [1.82, 2.24) is 5.32 Å². The van der Waals surface area contributed by atoms with Crippen molar-refractivity contribution in [1.29, 1.82) is 0 Å². The molecule has 0 aliphatic rings. The van der Waals surface area contributed by atoms with Gasteiger partial charge in [0.2, 0.25) is 0 Å². The number of hydrogen-bond donors (Lipinski definition) is 1. The third-order valence-electron chi connectivity index (χ3n) is 3.52. The largest absolute Gasteiger partial charge is 0.492 e. The lowest BCUT2D eigenvalue weighted by atomic mass is 9.99. The van der Waals surface area contributed by atoms with E-state index in [1.165, 1.54) is 0 Å². The lowest BCUT2D eigenvalue weighted by molar-refractivity contribution is 0.0106. The number of ether oxygens (including phenoxy) is 2. The van der Waals surface area contributed by atoms with Gasteiger partial charge in [0.15, 0.2) is 0 Å². The lowest BCUT2D eigenvalue weighted by Crippen LogP contribution is -2.37. The van der Waals surface area contributed by atoms with Crippen LogP contribution in [0.25, 0.3) is 0 Å². The molecule has 3 heteroatoms. The summed E-state index contributed by atoms with van der Waals surface area (Å²) in [4.78, 5) is 0. The zero-order chi connectivity index (χ0) is 14.8. The number of rotatable bonds is 10. The highest BCUT2D eigenvalue weighted by Gasteiger charge is 2.19. The summed E-state index contributed by atoms with van der Waals surface area (Å²) in [5.41, 5.74) is -0.0705. The van der Waals surface area contributed by atoms with Crippen LogP contribution in [0.1, 0.15) is 40.0 Å². The van der Waals surface area contributed by atoms with Crippen LogP contribution < -0.4 is 10.1 Å². The molecule has 0 bridgehead atoms. The molecule has 1 rings (SSSR count). The van der Waals surface area contributed by atoms with Crippen molar-refractivity contribution in [3.8, 4) is 5.75 Å². The van der Waals surface area contributed by atoms with Crippen LogP contribution >= 0.6 is 0 Å².